The number of hydrogen-bond acceptors (Lipinski definition) is 3. The van der Waals surface area contributed by atoms with Gasteiger partial charge in [0.25, 0.3) is 5.91 Å². The highest BCUT2D eigenvalue weighted by molar-refractivity contribution is 6.30. The first-order valence-corrected chi connectivity index (χ1v) is 14.0. The fraction of sp³-hybridized carbons (Fsp3) is 0.375. The zero-order valence-corrected chi connectivity index (χ0v) is 22.8. The fourth-order valence-corrected chi connectivity index (χ4v) is 5.06. The quantitative estimate of drug-likeness (QED) is 0.312. The minimum atomic E-state index is -0.673. The number of nitrogens with zero attached hydrogens (tertiary/aromatic N) is 1. The van der Waals surface area contributed by atoms with Crippen molar-refractivity contribution in [3.8, 4) is 5.75 Å². The van der Waals surface area contributed by atoms with Crippen LogP contribution in [0.4, 0.5) is 0 Å². The summed E-state index contributed by atoms with van der Waals surface area (Å²) in [4.78, 5) is 29.2. The molecule has 1 aliphatic rings. The predicted octanol–water partition coefficient (Wildman–Crippen LogP) is 6.37. The summed E-state index contributed by atoms with van der Waals surface area (Å²) in [6, 6.07) is 24.5. The van der Waals surface area contributed by atoms with E-state index in [9.17, 15) is 9.59 Å². The molecule has 0 unspecified atom stereocenters. The number of carbonyl (C=O) groups is 2. The minimum Gasteiger partial charge on any atom is -0.484 e. The topological polar surface area (TPSA) is 58.6 Å². The number of hydrogen-bond donors (Lipinski definition) is 1. The zero-order chi connectivity index (χ0) is 26.7. The second-order valence-corrected chi connectivity index (χ2v) is 10.4. The lowest BCUT2D eigenvalue weighted by Crippen LogP contribution is -2.53. The lowest BCUT2D eigenvalue weighted by molar-refractivity contribution is -0.143. The third-order valence-electron chi connectivity index (χ3n) is 7.18. The second-order valence-electron chi connectivity index (χ2n) is 9.98. The van der Waals surface area contributed by atoms with Crippen molar-refractivity contribution in [2.24, 2.45) is 0 Å². The van der Waals surface area contributed by atoms with Gasteiger partial charge < -0.3 is 15.0 Å². The van der Waals surface area contributed by atoms with Gasteiger partial charge in [-0.1, -0.05) is 92.4 Å². The van der Waals surface area contributed by atoms with Gasteiger partial charge in [0.15, 0.2) is 6.61 Å². The van der Waals surface area contributed by atoms with Crippen molar-refractivity contribution < 1.29 is 14.3 Å². The lowest BCUT2D eigenvalue weighted by atomic mass is 9.94. The number of nitrogens with one attached hydrogen (secondary N) is 1. The summed E-state index contributed by atoms with van der Waals surface area (Å²) >= 11 is 6.11. The van der Waals surface area contributed by atoms with Gasteiger partial charge in [-0.25, -0.2) is 0 Å². The molecule has 1 fully saturated rings. The molecule has 0 aromatic heterocycles. The number of aryl methyl sites for hydroxylation is 1. The fourth-order valence-electron chi connectivity index (χ4n) is 4.93. The van der Waals surface area contributed by atoms with Crippen LogP contribution in [0, 0.1) is 0 Å². The molecule has 0 radical (unpaired) electrons. The van der Waals surface area contributed by atoms with Crippen LogP contribution >= 0.6 is 11.6 Å². The van der Waals surface area contributed by atoms with Crippen LogP contribution in [-0.2, 0) is 29.0 Å². The van der Waals surface area contributed by atoms with Crippen LogP contribution in [0.5, 0.6) is 5.75 Å². The van der Waals surface area contributed by atoms with Crippen molar-refractivity contribution in [3.05, 3.63) is 101 Å². The maximum atomic E-state index is 13.8. The van der Waals surface area contributed by atoms with Crippen LogP contribution < -0.4 is 10.1 Å². The third kappa shape index (κ3) is 8.09. The van der Waals surface area contributed by atoms with Gasteiger partial charge in [-0.15, -0.1) is 0 Å². The molecule has 3 aromatic rings. The van der Waals surface area contributed by atoms with E-state index in [1.165, 1.54) is 12.0 Å². The van der Waals surface area contributed by atoms with Gasteiger partial charge in [0.1, 0.15) is 11.8 Å². The third-order valence-corrected chi connectivity index (χ3v) is 7.43. The van der Waals surface area contributed by atoms with Crippen molar-refractivity contribution in [1.29, 1.82) is 0 Å². The van der Waals surface area contributed by atoms with Crippen LogP contribution in [-0.4, -0.2) is 35.4 Å². The standard InChI is InChI=1S/C32H37ClN2O3/c1-2-24-15-19-29(20-16-24)38-23-31(36)35(22-26-13-17-27(33)18-14-26)30(21-25-9-5-3-6-10-25)32(37)34-28-11-7-4-8-12-28/h3,5-6,9-10,13-20,28,30H,2,4,7-8,11-12,21-23H2,1H3,(H,34,37)/t30-/m1/s1. The van der Waals surface area contributed by atoms with E-state index in [2.05, 4.69) is 12.2 Å². The molecule has 0 saturated heterocycles. The molecule has 4 rings (SSSR count). The van der Waals surface area contributed by atoms with E-state index in [1.807, 2.05) is 66.7 Å². The van der Waals surface area contributed by atoms with Gasteiger partial charge in [-0.3, -0.25) is 9.59 Å². The van der Waals surface area contributed by atoms with E-state index < -0.39 is 6.04 Å². The molecule has 38 heavy (non-hydrogen) atoms. The van der Waals surface area contributed by atoms with Crippen LogP contribution in [0.2, 0.25) is 5.02 Å². The summed E-state index contributed by atoms with van der Waals surface area (Å²) in [5.74, 6) is 0.280. The molecule has 1 N–H and O–H groups in total. The Balaban J connectivity index is 1.58. The zero-order valence-electron chi connectivity index (χ0n) is 22.1. The number of halogens is 1. The molecular weight excluding hydrogens is 496 g/mol. The molecular formula is C32H37ClN2O3. The van der Waals surface area contributed by atoms with Crippen LogP contribution in [0.3, 0.4) is 0 Å². The summed E-state index contributed by atoms with van der Waals surface area (Å²) in [7, 11) is 0. The van der Waals surface area contributed by atoms with E-state index in [0.717, 1.165) is 43.2 Å². The summed E-state index contributed by atoms with van der Waals surface area (Å²) < 4.78 is 5.89. The minimum absolute atomic E-state index is 0.115. The Kier molecular flexibility index (Phi) is 10.2. The Hall–Kier alpha value is -3.31. The highest BCUT2D eigenvalue weighted by Gasteiger charge is 2.32. The number of ether oxygens (including phenoxy) is 1. The van der Waals surface area contributed by atoms with Gasteiger partial charge >= 0.3 is 0 Å². The van der Waals surface area contributed by atoms with Crippen molar-refractivity contribution in [2.45, 2.75) is 70.5 Å². The second kappa shape index (κ2) is 14.0. The molecule has 0 spiro atoms. The Morgan fingerprint density at radius 1 is 0.895 bits per heavy atom. The van der Waals surface area contributed by atoms with E-state index in [1.54, 1.807) is 17.0 Å². The van der Waals surface area contributed by atoms with Crippen LogP contribution in [0.1, 0.15) is 55.7 Å². The van der Waals surface area contributed by atoms with Gasteiger partial charge in [-0.2, -0.15) is 0 Å². The lowest BCUT2D eigenvalue weighted by Gasteiger charge is -2.33. The predicted molar refractivity (Wildman–Crippen MR) is 152 cm³/mol. The average molecular weight is 533 g/mol. The van der Waals surface area contributed by atoms with E-state index >= 15 is 0 Å². The van der Waals surface area contributed by atoms with Gasteiger partial charge in [0.2, 0.25) is 5.91 Å². The van der Waals surface area contributed by atoms with Crippen LogP contribution in [0.25, 0.3) is 0 Å². The van der Waals surface area contributed by atoms with E-state index in [4.69, 9.17) is 16.3 Å². The maximum Gasteiger partial charge on any atom is 0.261 e. The first kappa shape index (κ1) is 27.7. The number of amides is 2. The molecule has 0 aliphatic heterocycles. The number of benzene rings is 3. The van der Waals surface area contributed by atoms with Crippen molar-refractivity contribution in [3.63, 3.8) is 0 Å². The van der Waals surface area contributed by atoms with E-state index in [-0.39, 0.29) is 31.0 Å². The largest absolute Gasteiger partial charge is 0.484 e. The summed E-state index contributed by atoms with van der Waals surface area (Å²) in [6.07, 6.45) is 6.75. The maximum absolute atomic E-state index is 13.8. The molecule has 6 heteroatoms. The van der Waals surface area contributed by atoms with Crippen molar-refractivity contribution in [1.82, 2.24) is 10.2 Å². The molecule has 0 bridgehead atoms. The first-order chi connectivity index (χ1) is 18.5. The van der Waals surface area contributed by atoms with E-state index in [0.29, 0.717) is 17.2 Å². The molecule has 1 aliphatic carbocycles. The first-order valence-electron chi connectivity index (χ1n) is 13.6. The van der Waals surface area contributed by atoms with Crippen molar-refractivity contribution in [2.75, 3.05) is 6.61 Å². The molecule has 2 amide bonds. The molecule has 5 nitrogen and oxygen atoms in total. The average Bonchev–Trinajstić information content (AvgIpc) is 2.96. The highest BCUT2D eigenvalue weighted by Crippen LogP contribution is 2.21. The Bertz CT molecular complexity index is 1160. The molecule has 200 valence electrons. The van der Waals surface area contributed by atoms with Gasteiger partial charge in [-0.05, 0) is 60.2 Å². The number of carbonyl (C=O) groups excluding carboxylic acids is 2. The molecule has 3 aromatic carbocycles. The van der Waals surface area contributed by atoms with Gasteiger partial charge in [0, 0.05) is 24.0 Å². The monoisotopic (exact) mass is 532 g/mol. The Morgan fingerprint density at radius 2 is 1.55 bits per heavy atom. The Morgan fingerprint density at radius 3 is 2.21 bits per heavy atom. The van der Waals surface area contributed by atoms with Crippen LogP contribution in [0.15, 0.2) is 78.9 Å². The smallest absolute Gasteiger partial charge is 0.261 e. The molecule has 1 saturated carbocycles. The number of rotatable bonds is 11. The molecule has 1 atom stereocenters. The summed E-state index contributed by atoms with van der Waals surface area (Å²) in [5, 5.41) is 3.89. The van der Waals surface area contributed by atoms with Gasteiger partial charge in [0.05, 0.1) is 0 Å². The SMILES string of the molecule is CCc1ccc(OCC(=O)N(Cc2ccc(Cl)cc2)[C@H](Cc2ccccc2)C(=O)NC2CCCCC2)cc1. The Labute approximate surface area is 231 Å². The normalized spacial score (nSPS) is 14.5. The summed E-state index contributed by atoms with van der Waals surface area (Å²) in [5.41, 5.74) is 3.11. The van der Waals surface area contributed by atoms with Crippen molar-refractivity contribution >= 4 is 23.4 Å². The molecule has 0 heterocycles. The highest BCUT2D eigenvalue weighted by atomic mass is 35.5. The summed E-state index contributed by atoms with van der Waals surface area (Å²) in [6.45, 7) is 2.23.